The minimum atomic E-state index is -3.24. The van der Waals surface area contributed by atoms with Gasteiger partial charge in [-0.25, -0.2) is 8.42 Å². The lowest BCUT2D eigenvalue weighted by molar-refractivity contribution is 0.0933. The highest BCUT2D eigenvalue weighted by Gasteiger charge is 2.24. The van der Waals surface area contributed by atoms with Gasteiger partial charge in [0, 0.05) is 11.9 Å². The van der Waals surface area contributed by atoms with Gasteiger partial charge in [0.2, 0.25) is 0 Å². The summed E-state index contributed by atoms with van der Waals surface area (Å²) in [4.78, 5) is 12.9. The fourth-order valence-corrected chi connectivity index (χ4v) is 3.44. The van der Waals surface area contributed by atoms with Crippen molar-refractivity contribution in [1.29, 1.82) is 0 Å². The predicted molar refractivity (Wildman–Crippen MR) is 107 cm³/mol. The Bertz CT molecular complexity index is 920. The molecule has 148 valence electrons. The Hall–Kier alpha value is -2.15. The number of nitrogens with zero attached hydrogens (tertiary/aromatic N) is 2. The quantitative estimate of drug-likeness (QED) is 0.843. The van der Waals surface area contributed by atoms with Crippen LogP contribution in [-0.4, -0.2) is 30.4 Å². The molecule has 1 N–H and O–H groups in total. The van der Waals surface area contributed by atoms with E-state index < -0.39 is 9.84 Å². The van der Waals surface area contributed by atoms with E-state index in [1.165, 1.54) is 6.26 Å². The average Bonchev–Trinajstić information content (AvgIpc) is 3.00. The summed E-state index contributed by atoms with van der Waals surface area (Å²) in [6, 6.07) is 8.11. The molecule has 0 saturated carbocycles. The number of hydrogen-bond acceptors (Lipinski definition) is 4. The molecule has 2 aromatic rings. The monoisotopic (exact) mass is 391 g/mol. The Morgan fingerprint density at radius 2 is 1.67 bits per heavy atom. The van der Waals surface area contributed by atoms with Crippen LogP contribution in [0.3, 0.4) is 0 Å². The van der Waals surface area contributed by atoms with Crippen molar-refractivity contribution in [2.24, 2.45) is 0 Å². The van der Waals surface area contributed by atoms with Crippen LogP contribution >= 0.6 is 0 Å². The fraction of sp³-hybridized carbons (Fsp3) is 0.500. The van der Waals surface area contributed by atoms with Crippen LogP contribution in [0, 0.1) is 0 Å². The second-order valence-corrected chi connectivity index (χ2v) is 10.2. The maximum atomic E-state index is 12.7. The fourth-order valence-electron chi connectivity index (χ4n) is 2.81. The zero-order chi connectivity index (χ0) is 20.6. The molecule has 6 nitrogen and oxygen atoms in total. The summed E-state index contributed by atoms with van der Waals surface area (Å²) in [5, 5.41) is 7.46. The number of sulfone groups is 1. The average molecular weight is 392 g/mol. The Morgan fingerprint density at radius 3 is 2.07 bits per heavy atom. The molecule has 0 saturated heterocycles. The number of rotatable bonds is 5. The van der Waals surface area contributed by atoms with Crippen LogP contribution in [0.15, 0.2) is 35.2 Å². The van der Waals surface area contributed by atoms with Gasteiger partial charge in [-0.05, 0) is 57.4 Å². The molecule has 0 bridgehead atoms. The largest absolute Gasteiger partial charge is 0.344 e. The van der Waals surface area contributed by atoms with E-state index in [-0.39, 0.29) is 28.3 Å². The molecule has 1 heterocycles. The van der Waals surface area contributed by atoms with E-state index in [2.05, 4.69) is 45.0 Å². The molecular weight excluding hydrogens is 362 g/mol. The van der Waals surface area contributed by atoms with Crippen molar-refractivity contribution in [3.05, 3.63) is 47.3 Å². The molecule has 1 aromatic carbocycles. The molecule has 1 aromatic heterocycles. The Morgan fingerprint density at radius 1 is 1.11 bits per heavy atom. The van der Waals surface area contributed by atoms with Gasteiger partial charge < -0.3 is 5.32 Å². The number of hydrogen-bond donors (Lipinski definition) is 1. The van der Waals surface area contributed by atoms with Gasteiger partial charge in [0.05, 0.1) is 16.5 Å². The van der Waals surface area contributed by atoms with E-state index in [1.54, 1.807) is 24.3 Å². The first-order chi connectivity index (χ1) is 12.3. The van der Waals surface area contributed by atoms with Crippen molar-refractivity contribution < 1.29 is 13.2 Å². The van der Waals surface area contributed by atoms with Crippen LogP contribution < -0.4 is 5.32 Å². The third kappa shape index (κ3) is 4.97. The van der Waals surface area contributed by atoms with E-state index in [0.717, 1.165) is 11.3 Å². The number of carbonyl (C=O) groups excluding carboxylic acids is 1. The third-order valence-corrected chi connectivity index (χ3v) is 5.48. The second kappa shape index (κ2) is 7.46. The Kier molecular flexibility index (Phi) is 5.85. The topological polar surface area (TPSA) is 81.1 Å². The van der Waals surface area contributed by atoms with Crippen molar-refractivity contribution in [3.63, 3.8) is 0 Å². The van der Waals surface area contributed by atoms with Gasteiger partial charge in [-0.3, -0.25) is 9.48 Å². The SMILES string of the molecule is CC(C)c1cc(C(=O)NC(C)c2ccc(S(C)(=O)=O)cc2)nn1C(C)(C)C. The van der Waals surface area contributed by atoms with Crippen LogP contribution in [0.2, 0.25) is 0 Å². The highest BCUT2D eigenvalue weighted by molar-refractivity contribution is 7.90. The smallest absolute Gasteiger partial charge is 0.272 e. The predicted octanol–water partition coefficient (Wildman–Crippen LogP) is 3.66. The lowest BCUT2D eigenvalue weighted by atomic mass is 10.1. The van der Waals surface area contributed by atoms with Crippen molar-refractivity contribution in [2.75, 3.05) is 6.26 Å². The van der Waals surface area contributed by atoms with E-state index in [0.29, 0.717) is 5.69 Å². The van der Waals surface area contributed by atoms with Crippen LogP contribution in [0.4, 0.5) is 0 Å². The van der Waals surface area contributed by atoms with Crippen molar-refractivity contribution >= 4 is 15.7 Å². The molecule has 1 atom stereocenters. The van der Waals surface area contributed by atoms with E-state index in [9.17, 15) is 13.2 Å². The lowest BCUT2D eigenvalue weighted by Gasteiger charge is -2.23. The van der Waals surface area contributed by atoms with Gasteiger partial charge in [0.15, 0.2) is 9.84 Å². The van der Waals surface area contributed by atoms with Gasteiger partial charge >= 0.3 is 0 Å². The molecule has 1 unspecified atom stereocenters. The summed E-state index contributed by atoms with van der Waals surface area (Å²) in [7, 11) is -3.24. The molecule has 0 aliphatic rings. The van der Waals surface area contributed by atoms with Gasteiger partial charge in [0.1, 0.15) is 5.69 Å². The van der Waals surface area contributed by atoms with Crippen molar-refractivity contribution in [3.8, 4) is 0 Å². The van der Waals surface area contributed by atoms with E-state index in [4.69, 9.17) is 0 Å². The van der Waals surface area contributed by atoms with Gasteiger partial charge in [-0.15, -0.1) is 0 Å². The van der Waals surface area contributed by atoms with E-state index >= 15 is 0 Å². The minimum Gasteiger partial charge on any atom is -0.344 e. The summed E-state index contributed by atoms with van der Waals surface area (Å²) in [5.74, 6) is -0.00109. The molecule has 0 aliphatic carbocycles. The summed E-state index contributed by atoms with van der Waals surface area (Å²) >= 11 is 0. The van der Waals surface area contributed by atoms with Crippen molar-refractivity contribution in [1.82, 2.24) is 15.1 Å². The zero-order valence-corrected chi connectivity index (χ0v) is 17.9. The van der Waals surface area contributed by atoms with Crippen LogP contribution in [-0.2, 0) is 15.4 Å². The minimum absolute atomic E-state index is 0.217. The number of carbonyl (C=O) groups is 1. The first-order valence-corrected chi connectivity index (χ1v) is 10.9. The van der Waals surface area contributed by atoms with Gasteiger partial charge in [0.25, 0.3) is 5.91 Å². The number of nitrogens with one attached hydrogen (secondary N) is 1. The molecule has 7 heteroatoms. The molecule has 0 aliphatic heterocycles. The van der Waals surface area contributed by atoms with E-state index in [1.807, 2.05) is 17.7 Å². The van der Waals surface area contributed by atoms with Crippen LogP contribution in [0.5, 0.6) is 0 Å². The summed E-state index contributed by atoms with van der Waals surface area (Å²) in [5.41, 5.74) is 2.01. The summed E-state index contributed by atoms with van der Waals surface area (Å²) in [6.07, 6.45) is 1.17. The Balaban J connectivity index is 2.22. The first-order valence-electron chi connectivity index (χ1n) is 9.02. The first kappa shape index (κ1) is 21.2. The highest BCUT2D eigenvalue weighted by atomic mass is 32.2. The molecule has 0 fully saturated rings. The maximum Gasteiger partial charge on any atom is 0.272 e. The summed E-state index contributed by atoms with van der Waals surface area (Å²) in [6.45, 7) is 12.2. The Labute approximate surface area is 161 Å². The van der Waals surface area contributed by atoms with Gasteiger partial charge in [-0.1, -0.05) is 26.0 Å². The molecule has 1 amide bonds. The molecule has 27 heavy (non-hydrogen) atoms. The van der Waals surface area contributed by atoms with Crippen LogP contribution in [0.1, 0.15) is 75.2 Å². The lowest BCUT2D eigenvalue weighted by Crippen LogP contribution is -2.29. The molecule has 0 radical (unpaired) electrons. The van der Waals surface area contributed by atoms with Crippen molar-refractivity contribution in [2.45, 2.75) is 63.9 Å². The molecular formula is C20H29N3O3S. The zero-order valence-electron chi connectivity index (χ0n) is 17.1. The standard InChI is InChI=1S/C20H29N3O3S/c1-13(2)18-12-17(22-23(18)20(4,5)6)19(24)21-14(3)15-8-10-16(11-9-15)27(7,25)26/h8-14H,1-7H3,(H,21,24). The highest BCUT2D eigenvalue weighted by Crippen LogP contribution is 2.24. The van der Waals surface area contributed by atoms with Gasteiger partial charge in [-0.2, -0.15) is 5.10 Å². The maximum absolute atomic E-state index is 12.7. The second-order valence-electron chi connectivity index (χ2n) is 8.23. The molecule has 2 rings (SSSR count). The number of benzene rings is 1. The summed E-state index contributed by atoms with van der Waals surface area (Å²) < 4.78 is 25.0. The third-order valence-electron chi connectivity index (χ3n) is 4.35. The number of amides is 1. The number of aromatic nitrogens is 2. The molecule has 0 spiro atoms. The van der Waals surface area contributed by atoms with Crippen LogP contribution in [0.25, 0.3) is 0 Å². The normalized spacial score (nSPS) is 13.6.